The number of nitrogens with two attached hydrogens (primary N) is 1. The highest BCUT2D eigenvalue weighted by Crippen LogP contribution is 2.17. The predicted octanol–water partition coefficient (Wildman–Crippen LogP) is 1.05. The molecular weight excluding hydrogens is 166 g/mol. The number of amidine groups is 1. The molecule has 0 aromatic rings. The number of rotatable bonds is 5. The summed E-state index contributed by atoms with van der Waals surface area (Å²) in [4.78, 5) is 0. The van der Waals surface area contributed by atoms with E-state index in [2.05, 4.69) is 10.5 Å². The minimum absolute atomic E-state index is 0.327. The Morgan fingerprint density at radius 1 is 1.46 bits per heavy atom. The molecule has 1 rings (SSSR count). The molecular formula is C9H19N3O. The van der Waals surface area contributed by atoms with E-state index in [4.69, 9.17) is 10.9 Å². The van der Waals surface area contributed by atoms with Crippen LogP contribution in [-0.4, -0.2) is 23.6 Å². The fourth-order valence-corrected chi connectivity index (χ4v) is 1.76. The molecule has 0 heterocycles. The highest BCUT2D eigenvalue weighted by molar-refractivity contribution is 5.79. The van der Waals surface area contributed by atoms with E-state index >= 15 is 0 Å². The first-order valence-corrected chi connectivity index (χ1v) is 5.02. The lowest BCUT2D eigenvalue weighted by molar-refractivity contribution is 0.316. The summed E-state index contributed by atoms with van der Waals surface area (Å²) in [5.41, 5.74) is 5.34. The first-order chi connectivity index (χ1) is 6.33. The Labute approximate surface area is 79.2 Å². The zero-order valence-corrected chi connectivity index (χ0v) is 8.00. The standard InChI is InChI=1S/C9H19N3O/c10-9(12-13)6-3-7-11-8-4-1-2-5-8/h8,11,13H,1-7H2,(H2,10,12). The number of oxime groups is 1. The molecule has 4 nitrogen and oxygen atoms in total. The maximum atomic E-state index is 8.29. The normalized spacial score (nSPS) is 19.5. The van der Waals surface area contributed by atoms with Crippen LogP contribution in [0, 0.1) is 0 Å². The average Bonchev–Trinajstić information content (AvgIpc) is 2.64. The highest BCUT2D eigenvalue weighted by atomic mass is 16.4. The molecule has 0 radical (unpaired) electrons. The second-order valence-electron chi connectivity index (χ2n) is 3.63. The number of hydrogen-bond acceptors (Lipinski definition) is 3. The molecule has 1 aliphatic rings. The van der Waals surface area contributed by atoms with E-state index in [0.717, 1.165) is 13.0 Å². The van der Waals surface area contributed by atoms with E-state index in [9.17, 15) is 0 Å². The van der Waals surface area contributed by atoms with Crippen LogP contribution < -0.4 is 11.1 Å². The van der Waals surface area contributed by atoms with Crippen molar-refractivity contribution in [2.24, 2.45) is 10.9 Å². The second kappa shape index (κ2) is 5.80. The lowest BCUT2D eigenvalue weighted by Crippen LogP contribution is -2.27. The van der Waals surface area contributed by atoms with Crippen molar-refractivity contribution in [3.05, 3.63) is 0 Å². The van der Waals surface area contributed by atoms with Crippen molar-refractivity contribution in [3.8, 4) is 0 Å². The summed E-state index contributed by atoms with van der Waals surface area (Å²) < 4.78 is 0. The summed E-state index contributed by atoms with van der Waals surface area (Å²) in [6.45, 7) is 0.973. The minimum Gasteiger partial charge on any atom is -0.409 e. The summed E-state index contributed by atoms with van der Waals surface area (Å²) in [7, 11) is 0. The zero-order chi connectivity index (χ0) is 9.52. The molecule has 76 valence electrons. The monoisotopic (exact) mass is 185 g/mol. The summed E-state index contributed by atoms with van der Waals surface area (Å²) in [6, 6.07) is 0.715. The fourth-order valence-electron chi connectivity index (χ4n) is 1.76. The number of hydrogen-bond donors (Lipinski definition) is 3. The molecule has 0 unspecified atom stereocenters. The molecule has 4 heteroatoms. The third-order valence-corrected chi connectivity index (χ3v) is 2.53. The van der Waals surface area contributed by atoms with Crippen LogP contribution >= 0.6 is 0 Å². The first kappa shape index (κ1) is 10.3. The van der Waals surface area contributed by atoms with Gasteiger partial charge in [0, 0.05) is 12.5 Å². The van der Waals surface area contributed by atoms with Crippen LogP contribution in [0.3, 0.4) is 0 Å². The molecule has 1 aliphatic carbocycles. The largest absolute Gasteiger partial charge is 0.409 e. The Hall–Kier alpha value is -0.770. The van der Waals surface area contributed by atoms with Crippen LogP contribution in [0.15, 0.2) is 5.16 Å². The van der Waals surface area contributed by atoms with Crippen molar-refractivity contribution in [1.29, 1.82) is 0 Å². The summed E-state index contributed by atoms with van der Waals surface area (Å²) in [6.07, 6.45) is 6.96. The van der Waals surface area contributed by atoms with Gasteiger partial charge in [-0.05, 0) is 25.8 Å². The molecule has 0 atom stereocenters. The first-order valence-electron chi connectivity index (χ1n) is 5.02. The molecule has 4 N–H and O–H groups in total. The fraction of sp³-hybridized carbons (Fsp3) is 0.889. The maximum absolute atomic E-state index is 8.29. The quantitative estimate of drug-likeness (QED) is 0.197. The maximum Gasteiger partial charge on any atom is 0.139 e. The van der Waals surface area contributed by atoms with E-state index in [1.807, 2.05) is 0 Å². The van der Waals surface area contributed by atoms with Crippen molar-refractivity contribution < 1.29 is 5.21 Å². The Kier molecular flexibility index (Phi) is 4.60. The smallest absolute Gasteiger partial charge is 0.139 e. The summed E-state index contributed by atoms with van der Waals surface area (Å²) in [5, 5.41) is 14.7. The van der Waals surface area contributed by atoms with Crippen molar-refractivity contribution in [3.63, 3.8) is 0 Å². The molecule has 0 bridgehead atoms. The van der Waals surface area contributed by atoms with E-state index in [1.54, 1.807) is 0 Å². The second-order valence-corrected chi connectivity index (χ2v) is 3.63. The van der Waals surface area contributed by atoms with Gasteiger partial charge in [0.05, 0.1) is 0 Å². The van der Waals surface area contributed by atoms with Gasteiger partial charge in [-0.2, -0.15) is 0 Å². The molecule has 0 amide bonds. The van der Waals surface area contributed by atoms with Crippen molar-refractivity contribution in [2.75, 3.05) is 6.54 Å². The molecule has 0 aromatic carbocycles. The van der Waals surface area contributed by atoms with Gasteiger partial charge in [0.1, 0.15) is 5.84 Å². The van der Waals surface area contributed by atoms with Crippen LogP contribution in [0.5, 0.6) is 0 Å². The van der Waals surface area contributed by atoms with Crippen LogP contribution in [0.1, 0.15) is 38.5 Å². The minimum atomic E-state index is 0.327. The van der Waals surface area contributed by atoms with E-state index in [-0.39, 0.29) is 0 Å². The number of nitrogens with zero attached hydrogens (tertiary/aromatic N) is 1. The molecule has 0 spiro atoms. The van der Waals surface area contributed by atoms with Crippen molar-refractivity contribution in [1.82, 2.24) is 5.32 Å². The number of nitrogens with one attached hydrogen (secondary N) is 1. The van der Waals surface area contributed by atoms with Gasteiger partial charge in [0.15, 0.2) is 0 Å². The van der Waals surface area contributed by atoms with Crippen molar-refractivity contribution >= 4 is 5.84 Å². The van der Waals surface area contributed by atoms with Crippen LogP contribution in [0.2, 0.25) is 0 Å². The van der Waals surface area contributed by atoms with Gasteiger partial charge in [-0.25, -0.2) is 0 Å². The predicted molar refractivity (Wildman–Crippen MR) is 52.9 cm³/mol. The van der Waals surface area contributed by atoms with Crippen LogP contribution in [-0.2, 0) is 0 Å². The molecule has 0 aromatic heterocycles. The Balaban J connectivity index is 1.94. The molecule has 13 heavy (non-hydrogen) atoms. The lowest BCUT2D eigenvalue weighted by atomic mass is 10.2. The topological polar surface area (TPSA) is 70.6 Å². The highest BCUT2D eigenvalue weighted by Gasteiger charge is 2.13. The average molecular weight is 185 g/mol. The van der Waals surface area contributed by atoms with Gasteiger partial charge in [-0.3, -0.25) is 0 Å². The zero-order valence-electron chi connectivity index (χ0n) is 8.00. The molecule has 1 saturated carbocycles. The molecule has 1 fully saturated rings. The van der Waals surface area contributed by atoms with Gasteiger partial charge in [0.25, 0.3) is 0 Å². The molecule has 0 saturated heterocycles. The van der Waals surface area contributed by atoms with Crippen LogP contribution in [0.25, 0.3) is 0 Å². The Morgan fingerprint density at radius 3 is 2.77 bits per heavy atom. The Morgan fingerprint density at radius 2 is 2.15 bits per heavy atom. The third kappa shape index (κ3) is 4.12. The SMILES string of the molecule is NC(CCCNC1CCCC1)=NO. The van der Waals surface area contributed by atoms with Gasteiger partial charge in [0.2, 0.25) is 0 Å². The summed E-state index contributed by atoms with van der Waals surface area (Å²) >= 11 is 0. The van der Waals surface area contributed by atoms with Gasteiger partial charge >= 0.3 is 0 Å². The molecule has 0 aliphatic heterocycles. The van der Waals surface area contributed by atoms with Gasteiger partial charge in [-0.15, -0.1) is 0 Å². The van der Waals surface area contributed by atoms with Crippen molar-refractivity contribution in [2.45, 2.75) is 44.6 Å². The van der Waals surface area contributed by atoms with E-state index < -0.39 is 0 Å². The van der Waals surface area contributed by atoms with E-state index in [1.165, 1.54) is 25.7 Å². The van der Waals surface area contributed by atoms with E-state index in [0.29, 0.717) is 18.3 Å². The van der Waals surface area contributed by atoms with Gasteiger partial charge < -0.3 is 16.3 Å². The lowest BCUT2D eigenvalue weighted by Gasteiger charge is -2.10. The summed E-state index contributed by atoms with van der Waals surface area (Å²) in [5.74, 6) is 0.327. The van der Waals surface area contributed by atoms with Gasteiger partial charge in [-0.1, -0.05) is 18.0 Å². The Bertz CT molecular complexity index is 164. The third-order valence-electron chi connectivity index (χ3n) is 2.53. The van der Waals surface area contributed by atoms with Crippen LogP contribution in [0.4, 0.5) is 0 Å².